The van der Waals surface area contributed by atoms with Crippen molar-refractivity contribution in [3.05, 3.63) is 23.3 Å². The third-order valence-electron chi connectivity index (χ3n) is 4.90. The van der Waals surface area contributed by atoms with Crippen molar-refractivity contribution >= 4 is 38.5 Å². The second kappa shape index (κ2) is 7.20. The standard InChI is InChI=1S/C18H25N5O2S/c1-4-22(5-2)17(25)13-8-12(19)9-23(13)16(24)11-6-10(3)15-14(7-11)26-18(20)21-15/h6-7,12-13H,4-5,8-9,19H2,1-3H3,(H2,20,21)/t12-,13-/m0/s1. The van der Waals surface area contributed by atoms with Crippen LogP contribution in [0.3, 0.4) is 0 Å². The van der Waals surface area contributed by atoms with Gasteiger partial charge in [0.15, 0.2) is 5.13 Å². The van der Waals surface area contributed by atoms with Crippen LogP contribution in [-0.2, 0) is 4.79 Å². The molecule has 1 saturated heterocycles. The number of carbonyl (C=O) groups excluding carboxylic acids is 2. The summed E-state index contributed by atoms with van der Waals surface area (Å²) in [6.45, 7) is 7.41. The molecule has 0 unspecified atom stereocenters. The van der Waals surface area contributed by atoms with E-state index in [9.17, 15) is 9.59 Å². The first kappa shape index (κ1) is 18.6. The molecule has 140 valence electrons. The van der Waals surface area contributed by atoms with E-state index in [-0.39, 0.29) is 17.9 Å². The Kier molecular flexibility index (Phi) is 5.15. The molecule has 1 fully saturated rings. The van der Waals surface area contributed by atoms with Crippen LogP contribution in [-0.4, -0.2) is 58.3 Å². The first-order valence-electron chi connectivity index (χ1n) is 8.87. The molecule has 0 bridgehead atoms. The van der Waals surface area contributed by atoms with E-state index in [0.717, 1.165) is 15.8 Å². The quantitative estimate of drug-likeness (QED) is 0.844. The summed E-state index contributed by atoms with van der Waals surface area (Å²) in [5.74, 6) is -0.198. The number of thiazole rings is 1. The summed E-state index contributed by atoms with van der Waals surface area (Å²) in [6, 6.07) is 2.93. The van der Waals surface area contributed by atoms with Crippen molar-refractivity contribution in [3.63, 3.8) is 0 Å². The van der Waals surface area contributed by atoms with Gasteiger partial charge in [0.25, 0.3) is 5.91 Å². The van der Waals surface area contributed by atoms with Crippen molar-refractivity contribution in [2.45, 2.75) is 39.3 Å². The molecular weight excluding hydrogens is 350 g/mol. The Hall–Kier alpha value is -2.19. The minimum absolute atomic E-state index is 0.0314. The summed E-state index contributed by atoms with van der Waals surface area (Å²) in [6.07, 6.45) is 0.496. The number of nitrogens with zero attached hydrogens (tertiary/aromatic N) is 3. The Balaban J connectivity index is 1.93. The Morgan fingerprint density at radius 1 is 1.35 bits per heavy atom. The van der Waals surface area contributed by atoms with Crippen LogP contribution in [0, 0.1) is 6.92 Å². The van der Waals surface area contributed by atoms with E-state index in [1.54, 1.807) is 9.80 Å². The van der Waals surface area contributed by atoms with E-state index >= 15 is 0 Å². The fourth-order valence-corrected chi connectivity index (χ4v) is 4.43. The third kappa shape index (κ3) is 3.26. The summed E-state index contributed by atoms with van der Waals surface area (Å²) in [7, 11) is 0. The van der Waals surface area contributed by atoms with Crippen LogP contribution in [0.25, 0.3) is 10.2 Å². The van der Waals surface area contributed by atoms with Crippen molar-refractivity contribution in [1.82, 2.24) is 14.8 Å². The lowest BCUT2D eigenvalue weighted by atomic mass is 10.1. The SMILES string of the molecule is CCN(CC)C(=O)[C@@H]1C[C@H](N)CN1C(=O)c1cc(C)c2nc(N)sc2c1. The average Bonchev–Trinajstić information content (AvgIpc) is 3.17. The van der Waals surface area contributed by atoms with E-state index in [4.69, 9.17) is 11.5 Å². The van der Waals surface area contributed by atoms with Crippen LogP contribution < -0.4 is 11.5 Å². The fourth-order valence-electron chi connectivity index (χ4n) is 3.58. The molecule has 0 saturated carbocycles. The van der Waals surface area contributed by atoms with Gasteiger partial charge in [0.1, 0.15) is 6.04 Å². The molecule has 0 spiro atoms. The number of benzene rings is 1. The largest absolute Gasteiger partial charge is 0.375 e. The van der Waals surface area contributed by atoms with Gasteiger partial charge in [0, 0.05) is 31.2 Å². The summed E-state index contributed by atoms with van der Waals surface area (Å²) < 4.78 is 0.876. The maximum atomic E-state index is 13.2. The second-order valence-electron chi connectivity index (χ2n) is 6.67. The monoisotopic (exact) mass is 375 g/mol. The molecule has 2 amide bonds. The predicted molar refractivity (Wildman–Crippen MR) is 104 cm³/mol. The Morgan fingerprint density at radius 3 is 2.69 bits per heavy atom. The number of likely N-dealkylation sites (tertiary alicyclic amines) is 1. The second-order valence-corrected chi connectivity index (χ2v) is 7.73. The number of aryl methyl sites for hydroxylation is 1. The highest BCUT2D eigenvalue weighted by molar-refractivity contribution is 7.22. The Labute approximate surface area is 157 Å². The predicted octanol–water partition coefficient (Wildman–Crippen LogP) is 1.60. The summed E-state index contributed by atoms with van der Waals surface area (Å²) in [5, 5.41) is 0.477. The third-order valence-corrected chi connectivity index (χ3v) is 5.74. The van der Waals surface area contributed by atoms with Crippen LogP contribution in [0.2, 0.25) is 0 Å². The van der Waals surface area contributed by atoms with Gasteiger partial charge < -0.3 is 21.3 Å². The van der Waals surface area contributed by atoms with Crippen molar-refractivity contribution in [2.75, 3.05) is 25.4 Å². The van der Waals surface area contributed by atoms with Crippen LogP contribution in [0.1, 0.15) is 36.2 Å². The molecule has 8 heteroatoms. The van der Waals surface area contributed by atoms with Gasteiger partial charge in [-0.3, -0.25) is 9.59 Å². The highest BCUT2D eigenvalue weighted by Gasteiger charge is 2.40. The van der Waals surface area contributed by atoms with E-state index in [0.29, 0.717) is 36.8 Å². The lowest BCUT2D eigenvalue weighted by Gasteiger charge is -2.29. The smallest absolute Gasteiger partial charge is 0.254 e. The molecule has 26 heavy (non-hydrogen) atoms. The molecule has 1 aliphatic rings. The maximum Gasteiger partial charge on any atom is 0.254 e. The topological polar surface area (TPSA) is 106 Å². The van der Waals surface area contributed by atoms with Crippen molar-refractivity contribution in [2.24, 2.45) is 5.73 Å². The minimum atomic E-state index is -0.500. The lowest BCUT2D eigenvalue weighted by Crippen LogP contribution is -2.47. The van der Waals surface area contributed by atoms with Crippen LogP contribution >= 0.6 is 11.3 Å². The number of hydrogen-bond donors (Lipinski definition) is 2. The number of nitrogens with two attached hydrogens (primary N) is 2. The Bertz CT molecular complexity index is 845. The lowest BCUT2D eigenvalue weighted by molar-refractivity contribution is -0.134. The van der Waals surface area contributed by atoms with Crippen LogP contribution in [0.4, 0.5) is 5.13 Å². The summed E-state index contributed by atoms with van der Waals surface area (Å²) in [5.41, 5.74) is 14.1. The van der Waals surface area contributed by atoms with Gasteiger partial charge in [0.05, 0.1) is 10.2 Å². The minimum Gasteiger partial charge on any atom is -0.375 e. The van der Waals surface area contributed by atoms with E-state index in [2.05, 4.69) is 4.98 Å². The van der Waals surface area contributed by atoms with Crippen molar-refractivity contribution in [3.8, 4) is 0 Å². The van der Waals surface area contributed by atoms with Crippen LogP contribution in [0.15, 0.2) is 12.1 Å². The number of likely N-dealkylation sites (N-methyl/N-ethyl adjacent to an activating group) is 1. The van der Waals surface area contributed by atoms with E-state index in [1.165, 1.54) is 11.3 Å². The molecule has 1 aromatic carbocycles. The zero-order valence-corrected chi connectivity index (χ0v) is 16.2. The Morgan fingerprint density at radius 2 is 2.04 bits per heavy atom. The molecule has 1 aromatic heterocycles. The number of anilines is 1. The number of rotatable bonds is 4. The molecule has 7 nitrogen and oxygen atoms in total. The highest BCUT2D eigenvalue weighted by Crippen LogP contribution is 2.29. The molecule has 4 N–H and O–H groups in total. The average molecular weight is 375 g/mol. The fraction of sp³-hybridized carbons (Fsp3) is 0.500. The number of fused-ring (bicyclic) bond motifs is 1. The number of carbonyl (C=O) groups is 2. The molecule has 1 aliphatic heterocycles. The zero-order chi connectivity index (χ0) is 19.0. The summed E-state index contributed by atoms with van der Waals surface area (Å²) in [4.78, 5) is 33.7. The number of amides is 2. The normalized spacial score (nSPS) is 19.9. The van der Waals surface area contributed by atoms with Gasteiger partial charge in [-0.15, -0.1) is 0 Å². The van der Waals surface area contributed by atoms with Crippen LogP contribution in [0.5, 0.6) is 0 Å². The van der Waals surface area contributed by atoms with Gasteiger partial charge >= 0.3 is 0 Å². The molecule has 0 radical (unpaired) electrons. The molecule has 3 rings (SSSR count). The summed E-state index contributed by atoms with van der Waals surface area (Å²) >= 11 is 1.36. The first-order chi connectivity index (χ1) is 12.3. The molecular formula is C18H25N5O2S. The van der Waals surface area contributed by atoms with Gasteiger partial charge in [-0.1, -0.05) is 11.3 Å². The van der Waals surface area contributed by atoms with Crippen molar-refractivity contribution in [1.29, 1.82) is 0 Å². The number of hydrogen-bond acceptors (Lipinski definition) is 6. The molecule has 2 aromatic rings. The maximum absolute atomic E-state index is 13.2. The van der Waals surface area contributed by atoms with Gasteiger partial charge in [-0.05, 0) is 44.9 Å². The first-order valence-corrected chi connectivity index (χ1v) is 9.69. The number of nitrogen functional groups attached to an aromatic ring is 1. The van der Waals surface area contributed by atoms with E-state index < -0.39 is 6.04 Å². The molecule has 2 atom stereocenters. The van der Waals surface area contributed by atoms with Gasteiger partial charge in [-0.25, -0.2) is 4.98 Å². The highest BCUT2D eigenvalue weighted by atomic mass is 32.1. The van der Waals surface area contributed by atoms with Gasteiger partial charge in [-0.2, -0.15) is 0 Å². The van der Waals surface area contributed by atoms with Crippen molar-refractivity contribution < 1.29 is 9.59 Å². The number of aromatic nitrogens is 1. The van der Waals surface area contributed by atoms with E-state index in [1.807, 2.05) is 32.9 Å². The van der Waals surface area contributed by atoms with Gasteiger partial charge in [0.2, 0.25) is 5.91 Å². The molecule has 2 heterocycles. The zero-order valence-electron chi connectivity index (χ0n) is 15.4. The molecule has 0 aliphatic carbocycles.